The number of nitrogens with zero attached hydrogens (tertiary/aromatic N) is 1. The largest absolute Gasteiger partial charge is 0.491 e. The van der Waals surface area contributed by atoms with E-state index in [-0.39, 0.29) is 13.4 Å². The third kappa shape index (κ3) is 5.78. The van der Waals surface area contributed by atoms with Crippen LogP contribution >= 0.6 is 0 Å². The Kier molecular flexibility index (Phi) is 6.75. The van der Waals surface area contributed by atoms with Gasteiger partial charge >= 0.3 is 0 Å². The second-order valence-corrected chi connectivity index (χ2v) is 8.07. The Balaban J connectivity index is 1.43. The van der Waals surface area contributed by atoms with Gasteiger partial charge in [-0.05, 0) is 48.7 Å². The lowest BCUT2D eigenvalue weighted by atomic mass is 10.1. The molecule has 0 aliphatic carbocycles. The smallest absolute Gasteiger partial charge is 0.231 e. The summed E-state index contributed by atoms with van der Waals surface area (Å²) in [5.74, 6) is 2.36. The van der Waals surface area contributed by atoms with E-state index in [1.807, 2.05) is 49.4 Å². The summed E-state index contributed by atoms with van der Waals surface area (Å²) in [7, 11) is 0. The fourth-order valence-electron chi connectivity index (χ4n) is 3.69. The molecule has 1 aliphatic heterocycles. The van der Waals surface area contributed by atoms with Gasteiger partial charge in [0.15, 0.2) is 11.5 Å². The molecule has 0 aromatic heterocycles. The van der Waals surface area contributed by atoms with Gasteiger partial charge in [-0.25, -0.2) is 0 Å². The summed E-state index contributed by atoms with van der Waals surface area (Å²) in [5.41, 5.74) is 4.62. The maximum atomic E-state index is 10.7. The second-order valence-electron chi connectivity index (χ2n) is 8.07. The highest BCUT2D eigenvalue weighted by Crippen LogP contribution is 2.33. The van der Waals surface area contributed by atoms with Gasteiger partial charge < -0.3 is 19.3 Å². The third-order valence-electron chi connectivity index (χ3n) is 5.36. The van der Waals surface area contributed by atoms with Crippen molar-refractivity contribution in [2.24, 2.45) is 0 Å². The molecule has 1 N–H and O–H groups in total. The Bertz CT molecular complexity index is 1000. The molecule has 0 bridgehead atoms. The number of aryl methyl sites for hydroxylation is 2. The summed E-state index contributed by atoms with van der Waals surface area (Å²) in [6.45, 7) is 6.51. The molecule has 0 saturated heterocycles. The number of benzene rings is 3. The van der Waals surface area contributed by atoms with Crippen molar-refractivity contribution in [2.75, 3.05) is 19.9 Å². The van der Waals surface area contributed by atoms with E-state index in [0.29, 0.717) is 13.1 Å². The van der Waals surface area contributed by atoms with Crippen molar-refractivity contribution in [3.05, 3.63) is 89.0 Å². The summed E-state index contributed by atoms with van der Waals surface area (Å²) in [6, 6.07) is 22.4. The van der Waals surface area contributed by atoms with E-state index in [1.54, 1.807) is 0 Å². The predicted octanol–water partition coefficient (Wildman–Crippen LogP) is 4.47. The van der Waals surface area contributed by atoms with Crippen LogP contribution in [-0.4, -0.2) is 36.1 Å². The normalized spacial score (nSPS) is 13.4. The number of aliphatic hydroxyl groups is 1. The van der Waals surface area contributed by atoms with E-state index in [0.717, 1.165) is 34.9 Å². The van der Waals surface area contributed by atoms with Gasteiger partial charge in [-0.3, -0.25) is 4.90 Å². The zero-order valence-corrected chi connectivity index (χ0v) is 18.1. The number of fused-ring (bicyclic) bond motifs is 1. The van der Waals surface area contributed by atoms with E-state index in [9.17, 15) is 5.11 Å². The van der Waals surface area contributed by atoms with Crippen LogP contribution in [0.1, 0.15) is 22.3 Å². The second kappa shape index (κ2) is 9.86. The molecule has 0 unspecified atom stereocenters. The van der Waals surface area contributed by atoms with Crippen LogP contribution in [0.2, 0.25) is 0 Å². The highest BCUT2D eigenvalue weighted by Gasteiger charge is 2.17. The van der Waals surface area contributed by atoms with Gasteiger partial charge in [-0.2, -0.15) is 0 Å². The maximum absolute atomic E-state index is 10.7. The fraction of sp³-hybridized carbons (Fsp3) is 0.308. The number of rotatable bonds is 9. The molecule has 162 valence electrons. The van der Waals surface area contributed by atoms with Crippen molar-refractivity contribution in [1.29, 1.82) is 0 Å². The average molecular weight is 420 g/mol. The summed E-state index contributed by atoms with van der Waals surface area (Å²) in [6.07, 6.45) is -0.612. The molecule has 3 aromatic carbocycles. The SMILES string of the molecule is Cc1ccc(CN(Cc2ccc3c(c2)OCO3)C[C@@H](O)COc2ccccc2C)cc1. The Morgan fingerprint density at radius 2 is 1.61 bits per heavy atom. The van der Waals surface area contributed by atoms with Crippen LogP contribution in [0.15, 0.2) is 66.7 Å². The Hall–Kier alpha value is -3.02. The summed E-state index contributed by atoms with van der Waals surface area (Å²) in [5, 5.41) is 10.7. The maximum Gasteiger partial charge on any atom is 0.231 e. The van der Waals surface area contributed by atoms with Gasteiger partial charge in [0.2, 0.25) is 6.79 Å². The van der Waals surface area contributed by atoms with Crippen molar-refractivity contribution >= 4 is 0 Å². The summed E-state index contributed by atoms with van der Waals surface area (Å²) >= 11 is 0. The van der Waals surface area contributed by atoms with Gasteiger partial charge in [0, 0.05) is 19.6 Å². The van der Waals surface area contributed by atoms with Gasteiger partial charge in [-0.1, -0.05) is 54.1 Å². The monoisotopic (exact) mass is 419 g/mol. The third-order valence-corrected chi connectivity index (χ3v) is 5.36. The molecule has 0 saturated carbocycles. The van der Waals surface area contributed by atoms with Crippen LogP contribution in [0.5, 0.6) is 17.2 Å². The van der Waals surface area contributed by atoms with Crippen LogP contribution < -0.4 is 14.2 Å². The molecule has 5 nitrogen and oxygen atoms in total. The highest BCUT2D eigenvalue weighted by atomic mass is 16.7. The molecule has 5 heteroatoms. The molecule has 1 heterocycles. The summed E-state index contributed by atoms with van der Waals surface area (Å²) in [4.78, 5) is 2.23. The standard InChI is InChI=1S/C26H29NO4/c1-19-7-9-21(10-8-19)14-27(15-22-11-12-25-26(13-22)31-18-30-25)16-23(28)17-29-24-6-4-3-5-20(24)2/h3-13,23,28H,14-18H2,1-2H3/t23-/m1/s1. The number of aliphatic hydroxyl groups excluding tert-OH is 1. The molecule has 1 atom stereocenters. The first kappa shape index (κ1) is 21.2. The van der Waals surface area contributed by atoms with E-state index < -0.39 is 6.10 Å². The Morgan fingerprint density at radius 3 is 2.42 bits per heavy atom. The molecule has 4 rings (SSSR count). The minimum atomic E-state index is -0.612. The average Bonchev–Trinajstić information content (AvgIpc) is 3.23. The lowest BCUT2D eigenvalue weighted by molar-refractivity contribution is 0.0626. The Labute approximate surface area is 183 Å². The molecule has 0 amide bonds. The minimum absolute atomic E-state index is 0.246. The van der Waals surface area contributed by atoms with Gasteiger partial charge in [0.05, 0.1) is 0 Å². The minimum Gasteiger partial charge on any atom is -0.491 e. The van der Waals surface area contributed by atoms with Crippen LogP contribution in [0.4, 0.5) is 0 Å². The fourth-order valence-corrected chi connectivity index (χ4v) is 3.69. The molecule has 3 aromatic rings. The molecular formula is C26H29NO4. The summed E-state index contributed by atoms with van der Waals surface area (Å²) < 4.78 is 16.8. The quantitative estimate of drug-likeness (QED) is 0.554. The first-order valence-electron chi connectivity index (χ1n) is 10.6. The van der Waals surface area contributed by atoms with Crippen molar-refractivity contribution < 1.29 is 19.3 Å². The van der Waals surface area contributed by atoms with E-state index >= 15 is 0 Å². The first-order chi connectivity index (χ1) is 15.1. The van der Waals surface area contributed by atoms with Crippen LogP contribution in [0, 0.1) is 13.8 Å². The van der Waals surface area contributed by atoms with Crippen molar-refractivity contribution in [3.63, 3.8) is 0 Å². The van der Waals surface area contributed by atoms with Gasteiger partial charge in [-0.15, -0.1) is 0 Å². The molecule has 1 aliphatic rings. The lowest BCUT2D eigenvalue weighted by Gasteiger charge is -2.26. The Morgan fingerprint density at radius 1 is 0.903 bits per heavy atom. The lowest BCUT2D eigenvalue weighted by Crippen LogP contribution is -2.35. The molecule has 0 spiro atoms. The van der Waals surface area contributed by atoms with E-state index in [4.69, 9.17) is 14.2 Å². The highest BCUT2D eigenvalue weighted by molar-refractivity contribution is 5.44. The van der Waals surface area contributed by atoms with Crippen molar-refractivity contribution in [2.45, 2.75) is 33.0 Å². The van der Waals surface area contributed by atoms with Crippen molar-refractivity contribution in [3.8, 4) is 17.2 Å². The van der Waals surface area contributed by atoms with Crippen LogP contribution in [0.25, 0.3) is 0 Å². The molecule has 31 heavy (non-hydrogen) atoms. The number of ether oxygens (including phenoxy) is 3. The molecule has 0 radical (unpaired) electrons. The first-order valence-corrected chi connectivity index (χ1v) is 10.6. The van der Waals surface area contributed by atoms with Crippen molar-refractivity contribution in [1.82, 2.24) is 4.90 Å². The topological polar surface area (TPSA) is 51.2 Å². The van der Waals surface area contributed by atoms with E-state index in [2.05, 4.69) is 36.1 Å². The zero-order chi connectivity index (χ0) is 21.6. The van der Waals surface area contributed by atoms with Gasteiger partial charge in [0.1, 0.15) is 18.5 Å². The van der Waals surface area contributed by atoms with E-state index in [1.165, 1.54) is 11.1 Å². The molecular weight excluding hydrogens is 390 g/mol. The zero-order valence-electron chi connectivity index (χ0n) is 18.1. The van der Waals surface area contributed by atoms with Crippen LogP contribution in [0.3, 0.4) is 0 Å². The number of hydrogen-bond donors (Lipinski definition) is 1. The van der Waals surface area contributed by atoms with Gasteiger partial charge in [0.25, 0.3) is 0 Å². The predicted molar refractivity (Wildman–Crippen MR) is 121 cm³/mol. The van der Waals surface area contributed by atoms with Crippen LogP contribution in [-0.2, 0) is 13.1 Å². The molecule has 0 fully saturated rings. The number of hydrogen-bond acceptors (Lipinski definition) is 5. The number of para-hydroxylation sites is 1.